The number of aromatic nitrogens is 2. The van der Waals surface area contributed by atoms with E-state index in [9.17, 15) is 0 Å². The molecule has 2 heterocycles. The van der Waals surface area contributed by atoms with E-state index >= 15 is 0 Å². The lowest BCUT2D eigenvalue weighted by atomic mass is 9.85. The van der Waals surface area contributed by atoms with Gasteiger partial charge in [0.25, 0.3) is 0 Å². The zero-order chi connectivity index (χ0) is 13.2. The van der Waals surface area contributed by atoms with Crippen LogP contribution in [0.25, 0.3) is 10.2 Å². The van der Waals surface area contributed by atoms with Crippen molar-refractivity contribution in [3.63, 3.8) is 0 Å². The second kappa shape index (κ2) is 5.20. The summed E-state index contributed by atoms with van der Waals surface area (Å²) < 4.78 is 1.11. The van der Waals surface area contributed by atoms with Gasteiger partial charge in [-0.25, -0.2) is 9.97 Å². The van der Waals surface area contributed by atoms with E-state index in [4.69, 9.17) is 5.73 Å². The lowest BCUT2D eigenvalue weighted by molar-refractivity contribution is 0.328. The summed E-state index contributed by atoms with van der Waals surface area (Å²) in [5.41, 5.74) is 6.85. The highest BCUT2D eigenvalue weighted by atomic mass is 32.1. The minimum Gasteiger partial charge on any atom is -0.365 e. The number of nitrogens with one attached hydrogen (secondary N) is 1. The summed E-state index contributed by atoms with van der Waals surface area (Å²) in [6.07, 6.45) is 2.54. The average molecular weight is 264 g/mol. The Labute approximate surface area is 112 Å². The van der Waals surface area contributed by atoms with Crippen LogP contribution in [0.3, 0.4) is 0 Å². The number of hydrogen-bond acceptors (Lipinski definition) is 5. The first-order chi connectivity index (χ1) is 8.52. The first-order valence-electron chi connectivity index (χ1n) is 6.17. The molecule has 0 aliphatic heterocycles. The molecule has 4 nitrogen and oxygen atoms in total. The number of anilines is 1. The summed E-state index contributed by atoms with van der Waals surface area (Å²) in [7, 11) is 0. The van der Waals surface area contributed by atoms with Gasteiger partial charge in [-0.05, 0) is 29.8 Å². The van der Waals surface area contributed by atoms with Crippen LogP contribution in [0, 0.1) is 5.41 Å². The van der Waals surface area contributed by atoms with Crippen LogP contribution in [0.4, 0.5) is 5.82 Å². The van der Waals surface area contributed by atoms with E-state index in [0.29, 0.717) is 12.6 Å². The van der Waals surface area contributed by atoms with Crippen molar-refractivity contribution in [2.24, 2.45) is 11.1 Å². The van der Waals surface area contributed by atoms with Gasteiger partial charge in [-0.2, -0.15) is 0 Å². The Hall–Kier alpha value is -1.20. The van der Waals surface area contributed by atoms with Crippen molar-refractivity contribution in [3.05, 3.63) is 17.8 Å². The monoisotopic (exact) mass is 264 g/mol. The molecule has 0 aliphatic carbocycles. The Morgan fingerprint density at radius 2 is 2.17 bits per heavy atom. The van der Waals surface area contributed by atoms with Crippen LogP contribution in [-0.2, 0) is 0 Å². The number of fused-ring (bicyclic) bond motifs is 1. The van der Waals surface area contributed by atoms with Crippen LogP contribution in [-0.4, -0.2) is 22.6 Å². The first-order valence-corrected chi connectivity index (χ1v) is 7.05. The topological polar surface area (TPSA) is 63.8 Å². The summed E-state index contributed by atoms with van der Waals surface area (Å²) in [6, 6.07) is 2.32. The quantitative estimate of drug-likeness (QED) is 0.891. The molecular formula is C13H20N4S. The first kappa shape index (κ1) is 13.2. The number of nitrogens with two attached hydrogens (primary N) is 1. The van der Waals surface area contributed by atoms with Crippen molar-refractivity contribution in [1.29, 1.82) is 0 Å². The third kappa shape index (κ3) is 2.79. The van der Waals surface area contributed by atoms with Crippen molar-refractivity contribution in [3.8, 4) is 0 Å². The highest BCUT2D eigenvalue weighted by Crippen LogP contribution is 2.29. The maximum absolute atomic E-state index is 5.70. The molecular weight excluding hydrogens is 244 g/mol. The molecule has 0 saturated heterocycles. The van der Waals surface area contributed by atoms with Crippen LogP contribution < -0.4 is 11.1 Å². The van der Waals surface area contributed by atoms with E-state index in [2.05, 4.69) is 36.1 Å². The van der Waals surface area contributed by atoms with Gasteiger partial charge in [0.05, 0.1) is 10.2 Å². The molecule has 18 heavy (non-hydrogen) atoms. The van der Waals surface area contributed by atoms with Gasteiger partial charge in [-0.1, -0.05) is 20.8 Å². The Morgan fingerprint density at radius 3 is 2.83 bits per heavy atom. The molecule has 0 bridgehead atoms. The van der Waals surface area contributed by atoms with Crippen molar-refractivity contribution in [1.82, 2.24) is 9.97 Å². The molecule has 0 saturated carbocycles. The second-order valence-corrected chi connectivity index (χ2v) is 6.41. The Kier molecular flexibility index (Phi) is 3.82. The van der Waals surface area contributed by atoms with E-state index in [0.717, 1.165) is 22.5 Å². The van der Waals surface area contributed by atoms with Crippen LogP contribution >= 0.6 is 11.3 Å². The average Bonchev–Trinajstić information content (AvgIpc) is 2.76. The summed E-state index contributed by atoms with van der Waals surface area (Å²) in [5, 5.41) is 5.57. The van der Waals surface area contributed by atoms with Gasteiger partial charge < -0.3 is 11.1 Å². The molecule has 1 unspecified atom stereocenters. The fraction of sp³-hybridized carbons (Fsp3) is 0.538. The molecule has 0 radical (unpaired) electrons. The molecule has 3 N–H and O–H groups in total. The van der Waals surface area contributed by atoms with Gasteiger partial charge in [0.15, 0.2) is 0 Å². The minimum absolute atomic E-state index is 0.147. The Bertz CT molecular complexity index is 515. The van der Waals surface area contributed by atoms with E-state index in [1.54, 1.807) is 17.7 Å². The predicted molar refractivity (Wildman–Crippen MR) is 78.0 cm³/mol. The molecule has 2 aromatic rings. The highest BCUT2D eigenvalue weighted by Gasteiger charge is 2.24. The zero-order valence-electron chi connectivity index (χ0n) is 11.1. The van der Waals surface area contributed by atoms with E-state index in [-0.39, 0.29) is 5.41 Å². The van der Waals surface area contributed by atoms with Crippen molar-refractivity contribution >= 4 is 27.4 Å². The molecule has 0 spiro atoms. The van der Waals surface area contributed by atoms with Crippen LogP contribution in [0.2, 0.25) is 0 Å². The molecule has 5 heteroatoms. The maximum Gasteiger partial charge on any atom is 0.147 e. The van der Waals surface area contributed by atoms with Crippen LogP contribution in [0.5, 0.6) is 0 Å². The van der Waals surface area contributed by atoms with E-state index in [1.807, 2.05) is 11.4 Å². The molecule has 0 aromatic carbocycles. The Balaban J connectivity index is 2.28. The fourth-order valence-electron chi connectivity index (χ4n) is 1.94. The largest absolute Gasteiger partial charge is 0.365 e. The maximum atomic E-state index is 5.70. The molecule has 2 aromatic heterocycles. The number of nitrogens with zero attached hydrogens (tertiary/aromatic N) is 2. The van der Waals surface area contributed by atoms with Gasteiger partial charge in [0, 0.05) is 6.04 Å². The SMILES string of the molecule is CC(C)(C)C(CCN)Nc1ncnc2ccsc12. The summed E-state index contributed by atoms with van der Waals surface area (Å²) in [5.74, 6) is 0.920. The van der Waals surface area contributed by atoms with Crippen molar-refractivity contribution in [2.45, 2.75) is 33.2 Å². The number of hydrogen-bond donors (Lipinski definition) is 2. The van der Waals surface area contributed by atoms with E-state index in [1.165, 1.54) is 0 Å². The van der Waals surface area contributed by atoms with Gasteiger partial charge in [0.1, 0.15) is 12.1 Å². The van der Waals surface area contributed by atoms with Crippen molar-refractivity contribution < 1.29 is 0 Å². The Morgan fingerprint density at radius 1 is 1.39 bits per heavy atom. The normalized spacial score (nSPS) is 13.8. The molecule has 1 atom stereocenters. The van der Waals surface area contributed by atoms with Gasteiger partial charge >= 0.3 is 0 Å². The lowest BCUT2D eigenvalue weighted by Crippen LogP contribution is -2.36. The number of thiophene rings is 1. The predicted octanol–water partition coefficient (Wildman–Crippen LogP) is 2.87. The van der Waals surface area contributed by atoms with E-state index < -0.39 is 0 Å². The smallest absolute Gasteiger partial charge is 0.147 e. The summed E-state index contributed by atoms with van der Waals surface area (Å²) in [6.45, 7) is 7.32. The lowest BCUT2D eigenvalue weighted by Gasteiger charge is -2.31. The van der Waals surface area contributed by atoms with Crippen LogP contribution in [0.15, 0.2) is 17.8 Å². The van der Waals surface area contributed by atoms with Crippen LogP contribution in [0.1, 0.15) is 27.2 Å². The minimum atomic E-state index is 0.147. The second-order valence-electron chi connectivity index (χ2n) is 5.50. The third-order valence-corrected chi connectivity index (χ3v) is 3.97. The number of rotatable bonds is 4. The standard InChI is InChI=1S/C13H20N4S/c1-13(2,3)10(4-6-14)17-12-11-9(5-7-18-11)15-8-16-12/h5,7-8,10H,4,6,14H2,1-3H3,(H,15,16,17). The summed E-state index contributed by atoms with van der Waals surface area (Å²) >= 11 is 1.67. The molecule has 0 fully saturated rings. The zero-order valence-corrected chi connectivity index (χ0v) is 11.9. The van der Waals surface area contributed by atoms with Crippen molar-refractivity contribution in [2.75, 3.05) is 11.9 Å². The van der Waals surface area contributed by atoms with Gasteiger partial charge in [0.2, 0.25) is 0 Å². The molecule has 0 amide bonds. The molecule has 0 aliphatic rings. The fourth-order valence-corrected chi connectivity index (χ4v) is 2.74. The third-order valence-electron chi connectivity index (χ3n) is 3.05. The molecule has 98 valence electrons. The summed E-state index contributed by atoms with van der Waals surface area (Å²) in [4.78, 5) is 8.61. The molecule has 2 rings (SSSR count). The highest BCUT2D eigenvalue weighted by molar-refractivity contribution is 7.17. The van der Waals surface area contributed by atoms with Gasteiger partial charge in [-0.3, -0.25) is 0 Å². The van der Waals surface area contributed by atoms with Gasteiger partial charge in [-0.15, -0.1) is 11.3 Å².